The normalized spacial score (nSPS) is 12.2. The molecule has 0 fully saturated rings. The fourth-order valence-electron chi connectivity index (χ4n) is 1.77. The molecule has 0 aromatic heterocycles. The van der Waals surface area contributed by atoms with Gasteiger partial charge >= 0.3 is 0 Å². The first-order valence-electron chi connectivity index (χ1n) is 7.53. The Hall–Kier alpha value is -1.60. The van der Waals surface area contributed by atoms with Crippen LogP contribution in [0.4, 0.5) is 0 Å². The maximum atomic E-state index is 11.9. The summed E-state index contributed by atoms with van der Waals surface area (Å²) in [5.74, 6) is 0.639. The molecule has 0 saturated heterocycles. The maximum absolute atomic E-state index is 11.9. The zero-order chi connectivity index (χ0) is 16.3. The quantitative estimate of drug-likeness (QED) is 0.360. The molecule has 0 heterocycles. The van der Waals surface area contributed by atoms with Crippen LogP contribution in [0.25, 0.3) is 0 Å². The van der Waals surface area contributed by atoms with E-state index < -0.39 is 10.0 Å². The molecule has 1 rings (SSSR count). The summed E-state index contributed by atoms with van der Waals surface area (Å²) in [6, 6.07) is 9.45. The topological polar surface area (TPSA) is 82.6 Å². The van der Waals surface area contributed by atoms with Crippen LogP contribution in [-0.4, -0.2) is 40.3 Å². The summed E-state index contributed by atoms with van der Waals surface area (Å²) in [4.78, 5) is 4.05. The molecule has 0 amide bonds. The predicted molar refractivity (Wildman–Crippen MR) is 91.3 cm³/mol. The van der Waals surface area contributed by atoms with E-state index >= 15 is 0 Å². The van der Waals surface area contributed by atoms with Crippen molar-refractivity contribution < 1.29 is 8.42 Å². The Morgan fingerprint density at radius 1 is 1.14 bits per heavy atom. The lowest BCUT2D eigenvalue weighted by Crippen LogP contribution is -2.41. The molecule has 0 spiro atoms. The van der Waals surface area contributed by atoms with Crippen molar-refractivity contribution in [1.29, 1.82) is 0 Å². The molecule has 3 N–H and O–H groups in total. The van der Waals surface area contributed by atoms with Gasteiger partial charge in [0.2, 0.25) is 10.0 Å². The van der Waals surface area contributed by atoms with E-state index in [4.69, 9.17) is 0 Å². The summed E-state index contributed by atoms with van der Waals surface area (Å²) in [7, 11) is -1.63. The number of aliphatic imine (C=N–C) groups is 1. The molecule has 0 radical (unpaired) electrons. The van der Waals surface area contributed by atoms with Crippen LogP contribution in [0.15, 0.2) is 35.3 Å². The van der Waals surface area contributed by atoms with Crippen molar-refractivity contribution in [3.8, 4) is 0 Å². The first-order chi connectivity index (χ1) is 10.6. The molecule has 0 atom stereocenters. The minimum Gasteiger partial charge on any atom is -0.356 e. The van der Waals surface area contributed by atoms with Gasteiger partial charge in [-0.2, -0.15) is 0 Å². The van der Waals surface area contributed by atoms with Gasteiger partial charge in [0.1, 0.15) is 0 Å². The van der Waals surface area contributed by atoms with Crippen molar-refractivity contribution in [2.45, 2.75) is 26.3 Å². The van der Waals surface area contributed by atoms with Gasteiger partial charge in [-0.25, -0.2) is 13.1 Å². The molecule has 1 aromatic rings. The third-order valence-electron chi connectivity index (χ3n) is 3.05. The van der Waals surface area contributed by atoms with Crippen molar-refractivity contribution in [2.75, 3.05) is 25.9 Å². The van der Waals surface area contributed by atoms with Gasteiger partial charge in [0.25, 0.3) is 0 Å². The SMILES string of the molecule is CCCCNC(=NC)NCCS(=O)(=O)NCc1ccccc1. The molecule has 0 saturated carbocycles. The minimum atomic E-state index is -3.30. The van der Waals surface area contributed by atoms with Gasteiger partial charge in [-0.15, -0.1) is 0 Å². The first kappa shape index (κ1) is 18.4. The van der Waals surface area contributed by atoms with Crippen LogP contribution in [0, 0.1) is 0 Å². The summed E-state index contributed by atoms with van der Waals surface area (Å²) < 4.78 is 26.4. The Bertz CT molecular complexity index is 544. The molecular formula is C15H26N4O2S. The molecule has 7 heteroatoms. The van der Waals surface area contributed by atoms with Crippen LogP contribution in [0.2, 0.25) is 0 Å². The van der Waals surface area contributed by atoms with Gasteiger partial charge in [-0.1, -0.05) is 43.7 Å². The second-order valence-corrected chi connectivity index (χ2v) is 6.83. The average molecular weight is 326 g/mol. The predicted octanol–water partition coefficient (Wildman–Crippen LogP) is 1.07. The van der Waals surface area contributed by atoms with Gasteiger partial charge in [-0.3, -0.25) is 4.99 Å². The van der Waals surface area contributed by atoms with Gasteiger partial charge in [0.05, 0.1) is 5.75 Å². The molecule has 1 aromatic carbocycles. The Labute approximate surface area is 133 Å². The van der Waals surface area contributed by atoms with E-state index in [0.29, 0.717) is 19.0 Å². The molecular weight excluding hydrogens is 300 g/mol. The van der Waals surface area contributed by atoms with Gasteiger partial charge < -0.3 is 10.6 Å². The molecule has 124 valence electrons. The highest BCUT2D eigenvalue weighted by molar-refractivity contribution is 7.89. The number of sulfonamides is 1. The fourth-order valence-corrected chi connectivity index (χ4v) is 2.67. The van der Waals surface area contributed by atoms with Crippen molar-refractivity contribution >= 4 is 16.0 Å². The van der Waals surface area contributed by atoms with Crippen molar-refractivity contribution in [2.24, 2.45) is 4.99 Å². The van der Waals surface area contributed by atoms with Crippen LogP contribution in [0.3, 0.4) is 0 Å². The van der Waals surface area contributed by atoms with E-state index in [0.717, 1.165) is 24.9 Å². The number of unbranched alkanes of at least 4 members (excludes halogenated alkanes) is 1. The molecule has 0 aliphatic carbocycles. The number of hydrogen-bond acceptors (Lipinski definition) is 3. The zero-order valence-electron chi connectivity index (χ0n) is 13.3. The fraction of sp³-hybridized carbons (Fsp3) is 0.533. The van der Waals surface area contributed by atoms with Crippen molar-refractivity contribution in [3.63, 3.8) is 0 Å². The van der Waals surface area contributed by atoms with Crippen LogP contribution in [-0.2, 0) is 16.6 Å². The van der Waals surface area contributed by atoms with Gasteiger partial charge in [0, 0.05) is 26.7 Å². The third-order valence-corrected chi connectivity index (χ3v) is 4.37. The van der Waals surface area contributed by atoms with E-state index in [1.165, 1.54) is 0 Å². The minimum absolute atomic E-state index is 0.00825. The molecule has 0 unspecified atom stereocenters. The van der Waals surface area contributed by atoms with Crippen LogP contribution in [0.1, 0.15) is 25.3 Å². The number of benzene rings is 1. The molecule has 22 heavy (non-hydrogen) atoms. The van der Waals surface area contributed by atoms with Gasteiger partial charge in [-0.05, 0) is 12.0 Å². The third kappa shape index (κ3) is 7.99. The molecule has 0 aliphatic heterocycles. The lowest BCUT2D eigenvalue weighted by atomic mass is 10.2. The van der Waals surface area contributed by atoms with E-state index in [2.05, 4.69) is 27.3 Å². The lowest BCUT2D eigenvalue weighted by Gasteiger charge is -2.12. The number of guanidine groups is 1. The largest absolute Gasteiger partial charge is 0.356 e. The summed E-state index contributed by atoms with van der Waals surface area (Å²) in [6.07, 6.45) is 2.15. The smallest absolute Gasteiger partial charge is 0.213 e. The van der Waals surface area contributed by atoms with Gasteiger partial charge in [0.15, 0.2) is 5.96 Å². The van der Waals surface area contributed by atoms with E-state index in [1.54, 1.807) is 7.05 Å². The Morgan fingerprint density at radius 2 is 1.82 bits per heavy atom. The summed E-state index contributed by atoms with van der Waals surface area (Å²) in [5, 5.41) is 6.14. The first-order valence-corrected chi connectivity index (χ1v) is 9.18. The highest BCUT2D eigenvalue weighted by Gasteiger charge is 2.10. The Balaban J connectivity index is 2.30. The second-order valence-electron chi connectivity index (χ2n) is 4.90. The number of hydrogen-bond donors (Lipinski definition) is 3. The van der Waals surface area contributed by atoms with E-state index in [9.17, 15) is 8.42 Å². The molecule has 0 aliphatic rings. The second kappa shape index (κ2) is 10.2. The molecule has 0 bridgehead atoms. The standard InChI is InChI=1S/C15H26N4O2S/c1-3-4-10-17-15(16-2)18-11-12-22(20,21)19-13-14-8-6-5-7-9-14/h5-9,19H,3-4,10-13H2,1-2H3,(H2,16,17,18). The maximum Gasteiger partial charge on any atom is 0.213 e. The summed E-state index contributed by atoms with van der Waals surface area (Å²) >= 11 is 0. The monoisotopic (exact) mass is 326 g/mol. The molecule has 6 nitrogen and oxygen atoms in total. The van der Waals surface area contributed by atoms with Crippen LogP contribution >= 0.6 is 0 Å². The Morgan fingerprint density at radius 3 is 2.45 bits per heavy atom. The number of nitrogens with zero attached hydrogens (tertiary/aromatic N) is 1. The lowest BCUT2D eigenvalue weighted by molar-refractivity contribution is 0.580. The number of rotatable bonds is 9. The summed E-state index contributed by atoms with van der Waals surface area (Å²) in [6.45, 7) is 3.57. The zero-order valence-corrected chi connectivity index (χ0v) is 14.1. The van der Waals surface area contributed by atoms with E-state index in [1.807, 2.05) is 30.3 Å². The van der Waals surface area contributed by atoms with Crippen molar-refractivity contribution in [3.05, 3.63) is 35.9 Å². The van der Waals surface area contributed by atoms with Crippen molar-refractivity contribution in [1.82, 2.24) is 15.4 Å². The number of nitrogens with one attached hydrogen (secondary N) is 3. The van der Waals surface area contributed by atoms with Crippen LogP contribution in [0.5, 0.6) is 0 Å². The summed E-state index contributed by atoms with van der Waals surface area (Å²) in [5.41, 5.74) is 0.941. The van der Waals surface area contributed by atoms with Crippen LogP contribution < -0.4 is 15.4 Å². The van der Waals surface area contributed by atoms with E-state index in [-0.39, 0.29) is 5.75 Å². The highest BCUT2D eigenvalue weighted by Crippen LogP contribution is 1.98. The Kier molecular flexibility index (Phi) is 8.54. The average Bonchev–Trinajstić information content (AvgIpc) is 2.52. The highest BCUT2D eigenvalue weighted by atomic mass is 32.2.